The maximum atomic E-state index is 5.46. The van der Waals surface area contributed by atoms with Crippen LogP contribution in [0.3, 0.4) is 0 Å². The molecule has 1 N–H and O–H groups in total. The summed E-state index contributed by atoms with van der Waals surface area (Å²) in [5.74, 6) is 1.66. The van der Waals surface area contributed by atoms with Crippen LogP contribution in [-0.4, -0.2) is 14.2 Å². The van der Waals surface area contributed by atoms with Crippen LogP contribution in [0.5, 0.6) is 11.5 Å². The van der Waals surface area contributed by atoms with Gasteiger partial charge in [-0.3, -0.25) is 0 Å². The van der Waals surface area contributed by atoms with E-state index in [9.17, 15) is 0 Å². The molecule has 0 saturated carbocycles. The zero-order valence-electron chi connectivity index (χ0n) is 12.3. The minimum absolute atomic E-state index is 0.202. The number of hydrogen-bond donors (Lipinski definition) is 1. The van der Waals surface area contributed by atoms with Crippen molar-refractivity contribution in [2.45, 2.75) is 25.9 Å². The van der Waals surface area contributed by atoms with E-state index in [1.54, 1.807) is 25.6 Å². The van der Waals surface area contributed by atoms with Crippen molar-refractivity contribution in [3.63, 3.8) is 0 Å². The second kappa shape index (κ2) is 6.77. The van der Waals surface area contributed by atoms with Crippen LogP contribution in [0.15, 0.2) is 35.7 Å². The Labute approximate surface area is 124 Å². The Balaban J connectivity index is 2.14. The van der Waals surface area contributed by atoms with Gasteiger partial charge in [-0.25, -0.2) is 0 Å². The van der Waals surface area contributed by atoms with E-state index in [4.69, 9.17) is 9.47 Å². The van der Waals surface area contributed by atoms with Gasteiger partial charge in [0.15, 0.2) is 0 Å². The molecule has 0 radical (unpaired) electrons. The highest BCUT2D eigenvalue weighted by Crippen LogP contribution is 2.31. The first-order chi connectivity index (χ1) is 9.65. The fraction of sp³-hybridized carbons (Fsp3) is 0.375. The Bertz CT molecular complexity index is 539. The van der Waals surface area contributed by atoms with E-state index in [1.165, 1.54) is 4.88 Å². The molecule has 2 atom stereocenters. The summed E-state index contributed by atoms with van der Waals surface area (Å²) in [7, 11) is 3.35. The molecule has 1 heterocycles. The summed E-state index contributed by atoms with van der Waals surface area (Å²) in [6, 6.07) is 10.7. The summed E-state index contributed by atoms with van der Waals surface area (Å²) in [4.78, 5) is 1.34. The molecule has 20 heavy (non-hydrogen) atoms. The number of methoxy groups -OCH3 is 2. The topological polar surface area (TPSA) is 30.5 Å². The van der Waals surface area contributed by atoms with Gasteiger partial charge in [0, 0.05) is 28.6 Å². The summed E-state index contributed by atoms with van der Waals surface area (Å²) >= 11 is 1.77. The molecule has 0 bridgehead atoms. The molecule has 3 nitrogen and oxygen atoms in total. The molecule has 1 aromatic carbocycles. The summed E-state index contributed by atoms with van der Waals surface area (Å²) in [6.07, 6.45) is 0. The van der Waals surface area contributed by atoms with Crippen molar-refractivity contribution in [1.29, 1.82) is 0 Å². The van der Waals surface area contributed by atoms with Crippen molar-refractivity contribution in [3.8, 4) is 11.5 Å². The van der Waals surface area contributed by atoms with E-state index in [1.807, 2.05) is 12.1 Å². The SMILES string of the molecule is COc1ccc(C(C)NC(C)c2cccs2)c(OC)c1. The molecule has 0 fully saturated rings. The molecule has 1 aromatic heterocycles. The van der Waals surface area contributed by atoms with Gasteiger partial charge in [0.05, 0.1) is 14.2 Å². The minimum atomic E-state index is 0.202. The second-order valence-electron chi connectivity index (χ2n) is 4.73. The van der Waals surface area contributed by atoms with Gasteiger partial charge in [-0.1, -0.05) is 12.1 Å². The lowest BCUT2D eigenvalue weighted by Crippen LogP contribution is -2.22. The van der Waals surface area contributed by atoms with Crippen molar-refractivity contribution in [1.82, 2.24) is 5.32 Å². The van der Waals surface area contributed by atoms with Gasteiger partial charge in [-0.05, 0) is 31.4 Å². The molecule has 0 aliphatic carbocycles. The number of hydrogen-bond acceptors (Lipinski definition) is 4. The van der Waals surface area contributed by atoms with Crippen LogP contribution < -0.4 is 14.8 Å². The molecule has 2 unspecified atom stereocenters. The Kier molecular flexibility index (Phi) is 5.04. The van der Waals surface area contributed by atoms with E-state index < -0.39 is 0 Å². The highest BCUT2D eigenvalue weighted by atomic mass is 32.1. The van der Waals surface area contributed by atoms with Crippen molar-refractivity contribution < 1.29 is 9.47 Å². The minimum Gasteiger partial charge on any atom is -0.497 e. The number of nitrogens with one attached hydrogen (secondary N) is 1. The maximum Gasteiger partial charge on any atom is 0.127 e. The zero-order chi connectivity index (χ0) is 14.5. The van der Waals surface area contributed by atoms with E-state index in [-0.39, 0.29) is 6.04 Å². The van der Waals surface area contributed by atoms with Gasteiger partial charge in [-0.15, -0.1) is 11.3 Å². The van der Waals surface area contributed by atoms with Gasteiger partial charge in [0.1, 0.15) is 11.5 Å². The lowest BCUT2D eigenvalue weighted by molar-refractivity contribution is 0.383. The molecule has 0 aliphatic rings. The van der Waals surface area contributed by atoms with Crippen molar-refractivity contribution in [2.75, 3.05) is 14.2 Å². The maximum absolute atomic E-state index is 5.46. The first-order valence-electron chi connectivity index (χ1n) is 6.67. The normalized spacial score (nSPS) is 13.8. The van der Waals surface area contributed by atoms with Crippen LogP contribution in [0.2, 0.25) is 0 Å². The third kappa shape index (κ3) is 3.32. The zero-order valence-corrected chi connectivity index (χ0v) is 13.2. The van der Waals surface area contributed by atoms with Crippen LogP contribution in [0.4, 0.5) is 0 Å². The molecule has 108 valence electrons. The molecule has 0 spiro atoms. The molecule has 0 aliphatic heterocycles. The summed E-state index contributed by atoms with van der Waals surface area (Å²) in [5.41, 5.74) is 1.14. The molecule has 4 heteroatoms. The van der Waals surface area contributed by atoms with Crippen LogP contribution >= 0.6 is 11.3 Å². The summed E-state index contributed by atoms with van der Waals surface area (Å²) in [6.45, 7) is 4.33. The van der Waals surface area contributed by atoms with E-state index in [0.717, 1.165) is 17.1 Å². The van der Waals surface area contributed by atoms with Crippen molar-refractivity contribution in [3.05, 3.63) is 46.2 Å². The number of rotatable bonds is 6. The average molecular weight is 291 g/mol. The molecule has 0 saturated heterocycles. The lowest BCUT2D eigenvalue weighted by atomic mass is 10.1. The molecular formula is C16H21NO2S. The summed E-state index contributed by atoms with van der Waals surface area (Å²) < 4.78 is 10.7. The van der Waals surface area contributed by atoms with Gasteiger partial charge in [-0.2, -0.15) is 0 Å². The lowest BCUT2D eigenvalue weighted by Gasteiger charge is -2.21. The third-order valence-corrected chi connectivity index (χ3v) is 4.43. The molecule has 2 rings (SSSR count). The molecule has 2 aromatic rings. The van der Waals surface area contributed by atoms with Gasteiger partial charge in [0.2, 0.25) is 0 Å². The highest BCUT2D eigenvalue weighted by Gasteiger charge is 2.16. The fourth-order valence-corrected chi connectivity index (χ4v) is 3.00. The van der Waals surface area contributed by atoms with Gasteiger partial charge in [0.25, 0.3) is 0 Å². The monoisotopic (exact) mass is 291 g/mol. The smallest absolute Gasteiger partial charge is 0.127 e. The second-order valence-corrected chi connectivity index (χ2v) is 5.71. The number of benzene rings is 1. The fourth-order valence-electron chi connectivity index (χ4n) is 2.26. The van der Waals surface area contributed by atoms with Gasteiger partial charge < -0.3 is 14.8 Å². The predicted molar refractivity (Wildman–Crippen MR) is 83.8 cm³/mol. The van der Waals surface area contributed by atoms with E-state index >= 15 is 0 Å². The average Bonchev–Trinajstić information content (AvgIpc) is 3.00. The Morgan fingerprint density at radius 2 is 1.85 bits per heavy atom. The van der Waals surface area contributed by atoms with Crippen LogP contribution in [0.25, 0.3) is 0 Å². The number of ether oxygens (including phenoxy) is 2. The van der Waals surface area contributed by atoms with Crippen LogP contribution in [-0.2, 0) is 0 Å². The summed E-state index contributed by atoms with van der Waals surface area (Å²) in [5, 5.41) is 5.70. The van der Waals surface area contributed by atoms with Crippen molar-refractivity contribution in [2.24, 2.45) is 0 Å². The van der Waals surface area contributed by atoms with Crippen LogP contribution in [0.1, 0.15) is 36.4 Å². The quantitative estimate of drug-likeness (QED) is 0.866. The first kappa shape index (κ1) is 14.9. The van der Waals surface area contributed by atoms with Crippen LogP contribution in [0, 0.1) is 0 Å². The van der Waals surface area contributed by atoms with E-state index in [2.05, 4.69) is 42.7 Å². The van der Waals surface area contributed by atoms with Gasteiger partial charge >= 0.3 is 0 Å². The largest absolute Gasteiger partial charge is 0.497 e. The van der Waals surface area contributed by atoms with E-state index in [0.29, 0.717) is 6.04 Å². The Morgan fingerprint density at radius 1 is 1.05 bits per heavy atom. The molecule has 0 amide bonds. The standard InChI is InChI=1S/C16H21NO2S/c1-11(17-12(2)16-6-5-9-20-16)14-8-7-13(18-3)10-15(14)19-4/h5-12,17H,1-4H3. The predicted octanol–water partition coefficient (Wildman–Crippen LogP) is 4.18. The first-order valence-corrected chi connectivity index (χ1v) is 7.55. The Hall–Kier alpha value is -1.52. The Morgan fingerprint density at radius 3 is 2.45 bits per heavy atom. The highest BCUT2D eigenvalue weighted by molar-refractivity contribution is 7.10. The van der Waals surface area contributed by atoms with Crippen molar-refractivity contribution >= 4 is 11.3 Å². The molecular weight excluding hydrogens is 270 g/mol. The third-order valence-electron chi connectivity index (χ3n) is 3.38. The number of thiophene rings is 1.